The summed E-state index contributed by atoms with van der Waals surface area (Å²) in [5.41, 5.74) is 0. The van der Waals surface area contributed by atoms with E-state index in [4.69, 9.17) is 9.47 Å². The number of hydrogen-bond donors (Lipinski definition) is 1. The Kier molecular flexibility index (Phi) is 9.95. The molecule has 23 heavy (non-hydrogen) atoms. The normalized spacial score (nSPS) is 10.3. The van der Waals surface area contributed by atoms with Gasteiger partial charge < -0.3 is 14.6 Å². The molecule has 1 aromatic carbocycles. The van der Waals surface area contributed by atoms with Gasteiger partial charge in [-0.3, -0.25) is 9.59 Å². The second-order valence-electron chi connectivity index (χ2n) is 4.99. The molecule has 0 radical (unpaired) electrons. The van der Waals surface area contributed by atoms with Gasteiger partial charge in [0.1, 0.15) is 5.75 Å². The molecule has 5 nitrogen and oxygen atoms in total. The third-order valence-corrected chi connectivity index (χ3v) is 3.94. The number of ether oxygens (including phenoxy) is 2. The highest BCUT2D eigenvalue weighted by Crippen LogP contribution is 2.21. The lowest BCUT2D eigenvalue weighted by molar-refractivity contribution is -0.146. The monoisotopic (exact) mass is 340 g/mol. The Morgan fingerprint density at radius 1 is 1.00 bits per heavy atom. The minimum absolute atomic E-state index is 0.171. The zero-order valence-electron chi connectivity index (χ0n) is 13.5. The number of aromatic hydroxyl groups is 1. The van der Waals surface area contributed by atoms with Gasteiger partial charge >= 0.3 is 11.9 Å². The van der Waals surface area contributed by atoms with E-state index in [1.54, 1.807) is 23.9 Å². The van der Waals surface area contributed by atoms with Crippen molar-refractivity contribution in [3.8, 4) is 5.75 Å². The summed E-state index contributed by atoms with van der Waals surface area (Å²) < 4.78 is 10.1. The van der Waals surface area contributed by atoms with Gasteiger partial charge in [-0.1, -0.05) is 6.92 Å². The predicted molar refractivity (Wildman–Crippen MR) is 89.5 cm³/mol. The van der Waals surface area contributed by atoms with Crippen molar-refractivity contribution < 1.29 is 24.2 Å². The zero-order chi connectivity index (χ0) is 16.9. The fraction of sp³-hybridized carbons (Fsp3) is 0.529. The number of phenols is 1. The number of carbonyl (C=O) groups is 2. The highest BCUT2D eigenvalue weighted by Gasteiger charge is 2.04. The van der Waals surface area contributed by atoms with Gasteiger partial charge in [-0.2, -0.15) is 0 Å². The number of thioether (sulfide) groups is 1. The Labute approximate surface area is 141 Å². The molecule has 0 amide bonds. The van der Waals surface area contributed by atoms with Crippen LogP contribution in [0.5, 0.6) is 5.75 Å². The van der Waals surface area contributed by atoms with Crippen LogP contribution in [0.4, 0.5) is 0 Å². The van der Waals surface area contributed by atoms with E-state index in [0.29, 0.717) is 44.6 Å². The lowest BCUT2D eigenvalue weighted by atomic mass is 10.3. The maximum atomic E-state index is 11.6. The van der Waals surface area contributed by atoms with Gasteiger partial charge in [0, 0.05) is 17.1 Å². The van der Waals surface area contributed by atoms with Crippen LogP contribution in [0.25, 0.3) is 0 Å². The zero-order valence-corrected chi connectivity index (χ0v) is 14.3. The van der Waals surface area contributed by atoms with Crippen LogP contribution in [0.15, 0.2) is 29.2 Å². The second-order valence-corrected chi connectivity index (χ2v) is 6.16. The molecule has 0 aliphatic heterocycles. The molecule has 0 aliphatic rings. The van der Waals surface area contributed by atoms with Gasteiger partial charge in [0.25, 0.3) is 0 Å². The van der Waals surface area contributed by atoms with Crippen LogP contribution in [0, 0.1) is 0 Å². The molecule has 0 atom stereocenters. The van der Waals surface area contributed by atoms with Crippen LogP contribution in [-0.2, 0) is 19.1 Å². The van der Waals surface area contributed by atoms with E-state index in [1.807, 2.05) is 19.1 Å². The van der Waals surface area contributed by atoms with E-state index in [9.17, 15) is 14.7 Å². The van der Waals surface area contributed by atoms with Crippen molar-refractivity contribution in [2.45, 2.75) is 43.9 Å². The molecule has 0 spiro atoms. The molecule has 128 valence electrons. The molecule has 0 aromatic heterocycles. The van der Waals surface area contributed by atoms with E-state index in [0.717, 1.165) is 11.3 Å². The van der Waals surface area contributed by atoms with Crippen LogP contribution in [0.2, 0.25) is 0 Å². The van der Waals surface area contributed by atoms with Crippen LogP contribution < -0.4 is 0 Å². The second kappa shape index (κ2) is 11.8. The van der Waals surface area contributed by atoms with E-state index >= 15 is 0 Å². The predicted octanol–water partition coefficient (Wildman–Crippen LogP) is 3.54. The van der Waals surface area contributed by atoms with Crippen molar-refractivity contribution in [3.63, 3.8) is 0 Å². The number of unbranched alkanes of at least 4 members (excludes halogenated alkanes) is 1. The van der Waals surface area contributed by atoms with Gasteiger partial charge in [-0.05, 0) is 43.5 Å². The Morgan fingerprint density at radius 3 is 2.13 bits per heavy atom. The standard InChI is InChI=1S/C17H24O5S/c1-2-5-16(19)21-11-3-4-12-22-17(20)10-13-23-15-8-6-14(18)7-9-15/h6-9,18H,2-5,10-13H2,1H3. The van der Waals surface area contributed by atoms with Gasteiger partial charge in [0.15, 0.2) is 0 Å². The molecule has 1 N–H and O–H groups in total. The maximum Gasteiger partial charge on any atom is 0.306 e. The van der Waals surface area contributed by atoms with E-state index in [1.165, 1.54) is 0 Å². The van der Waals surface area contributed by atoms with Crippen LogP contribution in [-0.4, -0.2) is 36.0 Å². The highest BCUT2D eigenvalue weighted by molar-refractivity contribution is 7.99. The van der Waals surface area contributed by atoms with Crippen LogP contribution >= 0.6 is 11.8 Å². The lowest BCUT2D eigenvalue weighted by Crippen LogP contribution is -2.09. The van der Waals surface area contributed by atoms with Crippen molar-refractivity contribution in [1.82, 2.24) is 0 Å². The van der Waals surface area contributed by atoms with Crippen LogP contribution in [0.3, 0.4) is 0 Å². The molecule has 0 saturated heterocycles. The molecule has 0 fully saturated rings. The summed E-state index contributed by atoms with van der Waals surface area (Å²) in [6.45, 7) is 2.67. The van der Waals surface area contributed by atoms with E-state index in [2.05, 4.69) is 0 Å². The van der Waals surface area contributed by atoms with Crippen molar-refractivity contribution >= 4 is 23.7 Å². The fourth-order valence-electron chi connectivity index (χ4n) is 1.72. The van der Waals surface area contributed by atoms with Gasteiger partial charge in [0.2, 0.25) is 0 Å². The molecule has 6 heteroatoms. The number of benzene rings is 1. The average molecular weight is 340 g/mol. The van der Waals surface area contributed by atoms with Crippen molar-refractivity contribution in [2.24, 2.45) is 0 Å². The van der Waals surface area contributed by atoms with E-state index in [-0.39, 0.29) is 17.7 Å². The number of carbonyl (C=O) groups excluding carboxylic acids is 2. The first kappa shape index (κ1) is 19.4. The summed E-state index contributed by atoms with van der Waals surface area (Å²) in [6.07, 6.45) is 2.98. The smallest absolute Gasteiger partial charge is 0.306 e. The molecule has 0 bridgehead atoms. The quantitative estimate of drug-likeness (QED) is 0.377. The summed E-state index contributed by atoms with van der Waals surface area (Å²) in [7, 11) is 0. The molecule has 0 saturated carbocycles. The topological polar surface area (TPSA) is 72.8 Å². The minimum Gasteiger partial charge on any atom is -0.508 e. The lowest BCUT2D eigenvalue weighted by Gasteiger charge is -2.06. The SMILES string of the molecule is CCCC(=O)OCCCCOC(=O)CCSc1ccc(O)cc1. The van der Waals surface area contributed by atoms with Crippen molar-refractivity contribution in [2.75, 3.05) is 19.0 Å². The Morgan fingerprint density at radius 2 is 1.57 bits per heavy atom. The molecule has 0 aliphatic carbocycles. The van der Waals surface area contributed by atoms with Crippen molar-refractivity contribution in [3.05, 3.63) is 24.3 Å². The van der Waals surface area contributed by atoms with Gasteiger partial charge in [0.05, 0.1) is 19.6 Å². The van der Waals surface area contributed by atoms with E-state index < -0.39 is 0 Å². The Bertz CT molecular complexity index is 472. The molecule has 0 heterocycles. The first-order chi connectivity index (χ1) is 11.1. The maximum absolute atomic E-state index is 11.6. The third-order valence-electron chi connectivity index (χ3n) is 2.93. The minimum atomic E-state index is -0.223. The number of rotatable bonds is 11. The first-order valence-corrected chi connectivity index (χ1v) is 8.83. The van der Waals surface area contributed by atoms with Crippen LogP contribution in [0.1, 0.15) is 39.0 Å². The van der Waals surface area contributed by atoms with Gasteiger partial charge in [-0.15, -0.1) is 11.8 Å². The Hall–Kier alpha value is -1.69. The van der Waals surface area contributed by atoms with Gasteiger partial charge in [-0.25, -0.2) is 0 Å². The largest absolute Gasteiger partial charge is 0.508 e. The molecular formula is C17H24O5S. The third kappa shape index (κ3) is 9.84. The summed E-state index contributed by atoms with van der Waals surface area (Å²) >= 11 is 1.54. The summed E-state index contributed by atoms with van der Waals surface area (Å²) in [5, 5.41) is 9.18. The molecular weight excluding hydrogens is 316 g/mol. The molecule has 0 unspecified atom stereocenters. The summed E-state index contributed by atoms with van der Waals surface area (Å²) in [5.74, 6) is 0.474. The fourth-order valence-corrected chi connectivity index (χ4v) is 2.55. The average Bonchev–Trinajstić information content (AvgIpc) is 2.53. The highest BCUT2D eigenvalue weighted by atomic mass is 32.2. The van der Waals surface area contributed by atoms with Crippen molar-refractivity contribution in [1.29, 1.82) is 0 Å². The Balaban J connectivity index is 1.98. The summed E-state index contributed by atoms with van der Waals surface area (Å²) in [4.78, 5) is 23.7. The molecule has 1 rings (SSSR count). The molecule has 1 aromatic rings. The number of hydrogen-bond acceptors (Lipinski definition) is 6. The summed E-state index contributed by atoms with van der Waals surface area (Å²) in [6, 6.07) is 6.86. The number of esters is 2. The number of phenolic OH excluding ortho intramolecular Hbond substituents is 1. The first-order valence-electron chi connectivity index (χ1n) is 7.85.